The fraction of sp³-hybridized carbons (Fsp3) is 0.562. The van der Waals surface area contributed by atoms with Crippen molar-refractivity contribution in [2.75, 3.05) is 26.8 Å². The quantitative estimate of drug-likeness (QED) is 0.560. The lowest BCUT2D eigenvalue weighted by molar-refractivity contribution is -0.143. The predicted octanol–water partition coefficient (Wildman–Crippen LogP) is 1.25. The molecule has 1 aliphatic rings. The molecule has 23 heavy (non-hydrogen) atoms. The molecule has 128 valence electrons. The highest BCUT2D eigenvalue weighted by Crippen LogP contribution is 2.12. The van der Waals surface area contributed by atoms with Crippen LogP contribution in [0.15, 0.2) is 24.4 Å². The molecule has 1 rings (SSSR count). The molecule has 0 radical (unpaired) electrons. The van der Waals surface area contributed by atoms with Crippen LogP contribution < -0.4 is 5.32 Å². The third kappa shape index (κ3) is 6.14. The maximum absolute atomic E-state index is 11.9. The van der Waals surface area contributed by atoms with E-state index in [1.54, 1.807) is 0 Å². The topological polar surface area (TPSA) is 84.9 Å². The van der Waals surface area contributed by atoms with Crippen molar-refractivity contribution in [3.8, 4) is 0 Å². The molecule has 0 spiro atoms. The molecule has 7 heteroatoms. The van der Waals surface area contributed by atoms with E-state index in [-0.39, 0.29) is 31.4 Å². The molecule has 0 aromatic heterocycles. The Balaban J connectivity index is 2.76. The van der Waals surface area contributed by atoms with Crippen molar-refractivity contribution in [2.24, 2.45) is 5.92 Å². The van der Waals surface area contributed by atoms with Gasteiger partial charge < -0.3 is 14.8 Å². The predicted molar refractivity (Wildman–Crippen MR) is 84.6 cm³/mol. The van der Waals surface area contributed by atoms with Crippen molar-refractivity contribution in [2.45, 2.75) is 26.3 Å². The first-order chi connectivity index (χ1) is 10.9. The number of carbonyl (C=O) groups excluding carboxylic acids is 3. The molecule has 0 saturated carbocycles. The summed E-state index contributed by atoms with van der Waals surface area (Å²) in [6, 6.07) is -0.566. The molecule has 1 amide bonds. The summed E-state index contributed by atoms with van der Waals surface area (Å²) in [5.74, 6) is -0.374. The lowest BCUT2D eigenvalue weighted by Crippen LogP contribution is -2.46. The van der Waals surface area contributed by atoms with Crippen molar-refractivity contribution in [1.29, 1.82) is 0 Å². The zero-order valence-electron chi connectivity index (χ0n) is 13.8. The standard InChI is InChI=1S/C16H24N2O5/c1-5-6-23-16(21)18-9-12(8-13(19)10-18)17-14(7-11(2)3)15(20)22-4/h5,8,11,14,17H,1,6-7,9-10H2,2-4H3/t14-/m0/s1. The molecule has 0 aliphatic carbocycles. The van der Waals surface area contributed by atoms with Gasteiger partial charge in [0.1, 0.15) is 12.6 Å². The van der Waals surface area contributed by atoms with Crippen LogP contribution >= 0.6 is 0 Å². The number of nitrogens with one attached hydrogen (secondary N) is 1. The molecule has 7 nitrogen and oxygen atoms in total. The molecule has 0 fully saturated rings. The summed E-state index contributed by atoms with van der Waals surface area (Å²) in [5.41, 5.74) is 0.493. The minimum atomic E-state index is -0.593. The second-order valence-electron chi connectivity index (χ2n) is 5.71. The van der Waals surface area contributed by atoms with Gasteiger partial charge in [-0.3, -0.25) is 9.69 Å². The highest BCUT2D eigenvalue weighted by Gasteiger charge is 2.27. The summed E-state index contributed by atoms with van der Waals surface area (Å²) in [5, 5.41) is 3.01. The van der Waals surface area contributed by atoms with E-state index in [0.29, 0.717) is 12.1 Å². The molecule has 0 aromatic rings. The van der Waals surface area contributed by atoms with E-state index in [1.807, 2.05) is 13.8 Å². The van der Waals surface area contributed by atoms with E-state index < -0.39 is 18.1 Å². The van der Waals surface area contributed by atoms with Gasteiger partial charge >= 0.3 is 12.1 Å². The highest BCUT2D eigenvalue weighted by molar-refractivity contribution is 5.95. The summed E-state index contributed by atoms with van der Waals surface area (Å²) >= 11 is 0. The molecular formula is C16H24N2O5. The summed E-state index contributed by atoms with van der Waals surface area (Å²) in [4.78, 5) is 36.8. The molecule has 0 unspecified atom stereocenters. The van der Waals surface area contributed by atoms with E-state index in [1.165, 1.54) is 24.2 Å². The van der Waals surface area contributed by atoms with E-state index >= 15 is 0 Å². The highest BCUT2D eigenvalue weighted by atomic mass is 16.6. The molecule has 1 heterocycles. The smallest absolute Gasteiger partial charge is 0.410 e. The Labute approximate surface area is 136 Å². The van der Waals surface area contributed by atoms with Crippen molar-refractivity contribution in [1.82, 2.24) is 10.2 Å². The zero-order chi connectivity index (χ0) is 17.4. The number of nitrogens with zero attached hydrogens (tertiary/aromatic N) is 1. The largest absolute Gasteiger partial charge is 0.467 e. The van der Waals surface area contributed by atoms with Crippen LogP contribution in [-0.4, -0.2) is 55.6 Å². The number of rotatable bonds is 7. The summed E-state index contributed by atoms with van der Waals surface area (Å²) < 4.78 is 9.71. The van der Waals surface area contributed by atoms with Crippen LogP contribution in [0.5, 0.6) is 0 Å². The van der Waals surface area contributed by atoms with E-state index in [0.717, 1.165) is 0 Å². The van der Waals surface area contributed by atoms with Gasteiger partial charge in [0.25, 0.3) is 0 Å². The number of esters is 1. The SMILES string of the molecule is C=CCOC(=O)N1CC(=O)C=C(N[C@@H](CC(C)C)C(=O)OC)C1. The number of ketones is 1. The maximum Gasteiger partial charge on any atom is 0.410 e. The van der Waals surface area contributed by atoms with Crippen LogP contribution in [0.2, 0.25) is 0 Å². The van der Waals surface area contributed by atoms with Crippen molar-refractivity contribution in [3.05, 3.63) is 24.4 Å². The monoisotopic (exact) mass is 324 g/mol. The van der Waals surface area contributed by atoms with Gasteiger partial charge in [-0.1, -0.05) is 26.5 Å². The molecule has 0 aromatic carbocycles. The van der Waals surface area contributed by atoms with Gasteiger partial charge in [-0.2, -0.15) is 0 Å². The maximum atomic E-state index is 11.9. The Morgan fingerprint density at radius 3 is 2.70 bits per heavy atom. The minimum absolute atomic E-state index is 0.0474. The number of hydrogen-bond acceptors (Lipinski definition) is 6. The van der Waals surface area contributed by atoms with Crippen LogP contribution in [0.4, 0.5) is 4.79 Å². The van der Waals surface area contributed by atoms with Gasteiger partial charge in [0.15, 0.2) is 5.78 Å². The van der Waals surface area contributed by atoms with Crippen LogP contribution in [0, 0.1) is 5.92 Å². The van der Waals surface area contributed by atoms with Crippen LogP contribution in [0.25, 0.3) is 0 Å². The fourth-order valence-electron chi connectivity index (χ4n) is 2.22. The second-order valence-corrected chi connectivity index (χ2v) is 5.71. The summed E-state index contributed by atoms with van der Waals surface area (Å²) in [6.45, 7) is 7.64. The first kappa shape index (κ1) is 18.7. The Morgan fingerprint density at radius 2 is 2.13 bits per heavy atom. The summed E-state index contributed by atoms with van der Waals surface area (Å²) in [7, 11) is 1.32. The normalized spacial score (nSPS) is 15.7. The first-order valence-electron chi connectivity index (χ1n) is 7.47. The number of methoxy groups -OCH3 is 1. The van der Waals surface area contributed by atoms with Crippen LogP contribution in [0.3, 0.4) is 0 Å². The average molecular weight is 324 g/mol. The average Bonchev–Trinajstić information content (AvgIpc) is 2.50. The number of hydrogen-bond donors (Lipinski definition) is 1. The Kier molecular flexibility index (Phi) is 7.31. The number of carbonyl (C=O) groups is 3. The Bertz CT molecular complexity index is 499. The Hall–Kier alpha value is -2.31. The molecule has 0 saturated heterocycles. The lowest BCUT2D eigenvalue weighted by Gasteiger charge is -2.28. The third-order valence-electron chi connectivity index (χ3n) is 3.18. The van der Waals surface area contributed by atoms with E-state index in [4.69, 9.17) is 9.47 Å². The molecule has 1 atom stereocenters. The molecular weight excluding hydrogens is 300 g/mol. The van der Waals surface area contributed by atoms with Gasteiger partial charge in [-0.25, -0.2) is 9.59 Å². The molecule has 1 aliphatic heterocycles. The Morgan fingerprint density at radius 1 is 1.43 bits per heavy atom. The minimum Gasteiger partial charge on any atom is -0.467 e. The van der Waals surface area contributed by atoms with Gasteiger partial charge in [-0.05, 0) is 12.3 Å². The van der Waals surface area contributed by atoms with Gasteiger partial charge in [0.2, 0.25) is 0 Å². The van der Waals surface area contributed by atoms with Crippen molar-refractivity contribution in [3.63, 3.8) is 0 Å². The third-order valence-corrected chi connectivity index (χ3v) is 3.18. The number of amides is 1. The van der Waals surface area contributed by atoms with Gasteiger partial charge in [-0.15, -0.1) is 0 Å². The lowest BCUT2D eigenvalue weighted by atomic mass is 10.0. The van der Waals surface area contributed by atoms with E-state index in [2.05, 4.69) is 11.9 Å². The zero-order valence-corrected chi connectivity index (χ0v) is 13.8. The van der Waals surface area contributed by atoms with Gasteiger partial charge in [0.05, 0.1) is 20.2 Å². The second kappa shape index (κ2) is 8.97. The van der Waals surface area contributed by atoms with Gasteiger partial charge in [0, 0.05) is 11.8 Å². The van der Waals surface area contributed by atoms with Crippen molar-refractivity contribution >= 4 is 17.8 Å². The van der Waals surface area contributed by atoms with Crippen LogP contribution in [-0.2, 0) is 19.1 Å². The fourth-order valence-corrected chi connectivity index (χ4v) is 2.22. The molecule has 1 N–H and O–H groups in total. The summed E-state index contributed by atoms with van der Waals surface area (Å²) in [6.07, 6.45) is 2.82. The van der Waals surface area contributed by atoms with Crippen LogP contribution in [0.1, 0.15) is 20.3 Å². The van der Waals surface area contributed by atoms with Crippen molar-refractivity contribution < 1.29 is 23.9 Å². The first-order valence-corrected chi connectivity index (χ1v) is 7.47. The molecule has 0 bridgehead atoms. The number of ether oxygens (including phenoxy) is 2. The van der Waals surface area contributed by atoms with E-state index in [9.17, 15) is 14.4 Å².